The summed E-state index contributed by atoms with van der Waals surface area (Å²) in [5, 5.41) is 5.33. The minimum Gasteiger partial charge on any atom is -0.483 e. The molecule has 0 radical (unpaired) electrons. The van der Waals surface area contributed by atoms with E-state index in [0.29, 0.717) is 28.4 Å². The molecule has 0 aromatic heterocycles. The first-order valence-electron chi connectivity index (χ1n) is 10.1. The normalized spacial score (nSPS) is 10.9. The van der Waals surface area contributed by atoms with Gasteiger partial charge in [-0.3, -0.25) is 14.3 Å². The van der Waals surface area contributed by atoms with Crippen molar-refractivity contribution in [3.05, 3.63) is 77.9 Å². The highest BCUT2D eigenvalue weighted by atomic mass is 32.2. The molecule has 0 bridgehead atoms. The fourth-order valence-electron chi connectivity index (χ4n) is 3.01. The van der Waals surface area contributed by atoms with Crippen LogP contribution < -0.4 is 20.1 Å². The third kappa shape index (κ3) is 6.81. The molecule has 0 spiro atoms. The first kappa shape index (κ1) is 23.8. The largest absolute Gasteiger partial charge is 0.483 e. The Balaban J connectivity index is 1.61. The van der Waals surface area contributed by atoms with Gasteiger partial charge in [0.2, 0.25) is 5.91 Å². The maximum atomic E-state index is 12.7. The van der Waals surface area contributed by atoms with Crippen LogP contribution in [0.4, 0.5) is 17.1 Å². The lowest BCUT2D eigenvalue weighted by Gasteiger charge is -2.13. The van der Waals surface area contributed by atoms with Gasteiger partial charge < -0.3 is 15.4 Å². The van der Waals surface area contributed by atoms with Gasteiger partial charge >= 0.3 is 0 Å². The average Bonchev–Trinajstić information content (AvgIpc) is 2.74. The Labute approximate surface area is 193 Å². The molecule has 2 amide bonds. The van der Waals surface area contributed by atoms with Crippen LogP contribution in [0.5, 0.6) is 5.75 Å². The molecule has 0 atom stereocenters. The molecule has 0 heterocycles. The Morgan fingerprint density at radius 2 is 1.52 bits per heavy atom. The molecule has 0 saturated heterocycles. The van der Waals surface area contributed by atoms with Crippen molar-refractivity contribution in [1.29, 1.82) is 0 Å². The maximum absolute atomic E-state index is 12.7. The van der Waals surface area contributed by atoms with Gasteiger partial charge in [0.05, 0.1) is 4.90 Å². The molecule has 3 aromatic rings. The van der Waals surface area contributed by atoms with Crippen LogP contribution in [0.2, 0.25) is 0 Å². The lowest BCUT2D eigenvalue weighted by Crippen LogP contribution is -2.20. The first-order valence-corrected chi connectivity index (χ1v) is 11.6. The summed E-state index contributed by atoms with van der Waals surface area (Å²) >= 11 is 0. The molecule has 3 N–H and O–H groups in total. The fourth-order valence-corrected chi connectivity index (χ4v) is 4.15. The lowest BCUT2D eigenvalue weighted by molar-refractivity contribution is -0.118. The average molecular weight is 468 g/mol. The highest BCUT2D eigenvalue weighted by molar-refractivity contribution is 7.92. The Kier molecular flexibility index (Phi) is 7.34. The van der Waals surface area contributed by atoms with Crippen LogP contribution in [0.3, 0.4) is 0 Å². The van der Waals surface area contributed by atoms with Crippen molar-refractivity contribution in [2.75, 3.05) is 22.0 Å². The van der Waals surface area contributed by atoms with E-state index in [0.717, 1.165) is 5.56 Å². The monoisotopic (exact) mass is 467 g/mol. The molecule has 0 aliphatic rings. The minimum atomic E-state index is -3.76. The number of hydrogen-bond donors (Lipinski definition) is 3. The van der Waals surface area contributed by atoms with E-state index in [-0.39, 0.29) is 17.4 Å². The number of benzene rings is 3. The second-order valence-electron chi connectivity index (χ2n) is 7.50. The number of nitrogens with one attached hydrogen (secondary N) is 3. The van der Waals surface area contributed by atoms with Gasteiger partial charge in [-0.1, -0.05) is 23.8 Å². The molecule has 0 unspecified atom stereocenters. The predicted molar refractivity (Wildman–Crippen MR) is 128 cm³/mol. The van der Waals surface area contributed by atoms with E-state index in [2.05, 4.69) is 15.4 Å². The summed E-state index contributed by atoms with van der Waals surface area (Å²) in [6.07, 6.45) is 0. The number of hydrogen-bond acceptors (Lipinski definition) is 5. The van der Waals surface area contributed by atoms with Gasteiger partial charge in [-0.2, -0.15) is 0 Å². The number of amides is 2. The number of carbonyl (C=O) groups is 2. The lowest BCUT2D eigenvalue weighted by atomic mass is 10.2. The number of aryl methyl sites for hydroxylation is 2. The molecule has 0 saturated carbocycles. The summed E-state index contributed by atoms with van der Waals surface area (Å²) in [7, 11) is -3.76. The summed E-state index contributed by atoms with van der Waals surface area (Å²) in [6, 6.07) is 18.2. The molecule has 0 fully saturated rings. The van der Waals surface area contributed by atoms with Gasteiger partial charge in [0.1, 0.15) is 5.75 Å². The molecule has 3 rings (SSSR count). The smallest absolute Gasteiger partial charge is 0.262 e. The van der Waals surface area contributed by atoms with Gasteiger partial charge in [-0.25, -0.2) is 8.42 Å². The van der Waals surface area contributed by atoms with Crippen molar-refractivity contribution in [2.45, 2.75) is 25.7 Å². The van der Waals surface area contributed by atoms with Gasteiger partial charge in [-0.15, -0.1) is 0 Å². The predicted octanol–water partition coefficient (Wildman–Crippen LogP) is 4.08. The van der Waals surface area contributed by atoms with Crippen molar-refractivity contribution in [3.8, 4) is 5.75 Å². The van der Waals surface area contributed by atoms with Crippen LogP contribution in [0.15, 0.2) is 71.6 Å². The van der Waals surface area contributed by atoms with Crippen LogP contribution in [0.1, 0.15) is 18.1 Å². The fraction of sp³-hybridized carbons (Fsp3) is 0.167. The van der Waals surface area contributed by atoms with Crippen LogP contribution in [-0.2, 0) is 19.6 Å². The number of carbonyl (C=O) groups excluding carboxylic acids is 2. The highest BCUT2D eigenvalue weighted by Gasteiger charge is 2.16. The zero-order valence-corrected chi connectivity index (χ0v) is 19.3. The molecule has 0 aliphatic heterocycles. The van der Waals surface area contributed by atoms with E-state index >= 15 is 0 Å². The Morgan fingerprint density at radius 1 is 0.848 bits per heavy atom. The molecule has 3 aromatic carbocycles. The summed E-state index contributed by atoms with van der Waals surface area (Å²) < 4.78 is 33.5. The van der Waals surface area contributed by atoms with E-state index in [4.69, 9.17) is 4.74 Å². The third-order valence-corrected chi connectivity index (χ3v) is 5.96. The van der Waals surface area contributed by atoms with Crippen molar-refractivity contribution in [2.24, 2.45) is 0 Å². The molecular formula is C24H25N3O5S. The maximum Gasteiger partial charge on any atom is 0.262 e. The molecule has 0 aliphatic carbocycles. The summed E-state index contributed by atoms with van der Waals surface area (Å²) in [5.74, 6) is -0.213. The zero-order chi connectivity index (χ0) is 24.0. The molecular weight excluding hydrogens is 442 g/mol. The second-order valence-corrected chi connectivity index (χ2v) is 9.18. The summed E-state index contributed by atoms with van der Waals surface area (Å²) in [5.41, 5.74) is 3.14. The van der Waals surface area contributed by atoms with E-state index in [1.807, 2.05) is 19.1 Å². The Bertz CT molecular complexity index is 1270. The quantitative estimate of drug-likeness (QED) is 0.462. The Morgan fingerprint density at radius 3 is 2.15 bits per heavy atom. The number of ether oxygens (including phenoxy) is 1. The molecule has 9 heteroatoms. The van der Waals surface area contributed by atoms with E-state index in [9.17, 15) is 18.0 Å². The second kappa shape index (κ2) is 10.2. The number of rotatable bonds is 8. The summed E-state index contributed by atoms with van der Waals surface area (Å²) in [4.78, 5) is 23.5. The van der Waals surface area contributed by atoms with Crippen LogP contribution in [0.25, 0.3) is 0 Å². The van der Waals surface area contributed by atoms with Gasteiger partial charge in [0.15, 0.2) is 6.61 Å². The van der Waals surface area contributed by atoms with Crippen molar-refractivity contribution < 1.29 is 22.7 Å². The van der Waals surface area contributed by atoms with E-state index < -0.39 is 15.9 Å². The van der Waals surface area contributed by atoms with Crippen molar-refractivity contribution in [3.63, 3.8) is 0 Å². The third-order valence-electron chi connectivity index (χ3n) is 4.59. The van der Waals surface area contributed by atoms with Crippen LogP contribution in [0, 0.1) is 13.8 Å². The van der Waals surface area contributed by atoms with Crippen molar-refractivity contribution >= 4 is 38.9 Å². The van der Waals surface area contributed by atoms with E-state index in [1.54, 1.807) is 43.3 Å². The van der Waals surface area contributed by atoms with E-state index in [1.165, 1.54) is 25.1 Å². The molecule has 172 valence electrons. The number of sulfonamides is 1. The van der Waals surface area contributed by atoms with Gasteiger partial charge in [-0.05, 0) is 67.9 Å². The van der Waals surface area contributed by atoms with Crippen LogP contribution in [-0.4, -0.2) is 26.8 Å². The van der Waals surface area contributed by atoms with Crippen molar-refractivity contribution in [1.82, 2.24) is 0 Å². The first-order chi connectivity index (χ1) is 15.6. The minimum absolute atomic E-state index is 0.0900. The zero-order valence-electron chi connectivity index (χ0n) is 18.5. The van der Waals surface area contributed by atoms with Crippen LogP contribution >= 0.6 is 0 Å². The SMILES string of the molecule is CC(=O)Nc1cccc(NC(=O)COc2ccc(S(=O)(=O)Nc3ccc(C)cc3)cc2C)c1. The summed E-state index contributed by atoms with van der Waals surface area (Å²) in [6.45, 7) is 4.76. The van der Waals surface area contributed by atoms with Gasteiger partial charge in [0.25, 0.3) is 15.9 Å². The number of anilines is 3. The standard InChI is InChI=1S/C24H25N3O5S/c1-16-7-9-19(10-8-16)27-33(30,31)22-11-12-23(17(2)13-22)32-15-24(29)26-21-6-4-5-20(14-21)25-18(3)28/h4-14,27H,15H2,1-3H3,(H,25,28)(H,26,29). The molecule has 8 nitrogen and oxygen atoms in total. The highest BCUT2D eigenvalue weighted by Crippen LogP contribution is 2.24. The topological polar surface area (TPSA) is 114 Å². The van der Waals surface area contributed by atoms with Gasteiger partial charge in [0, 0.05) is 24.0 Å². The Hall–Kier alpha value is -3.85. The molecule has 33 heavy (non-hydrogen) atoms.